The Morgan fingerprint density at radius 3 is 2.84 bits per heavy atom. The van der Waals surface area contributed by atoms with E-state index in [0.29, 0.717) is 11.3 Å². The smallest absolute Gasteiger partial charge is 0.319 e. The largest absolute Gasteiger partial charge is 0.335 e. The minimum atomic E-state index is -0.204. The van der Waals surface area contributed by atoms with Gasteiger partial charge in [0.05, 0.1) is 11.6 Å². The molecule has 0 unspecified atom stereocenters. The van der Waals surface area contributed by atoms with Gasteiger partial charge in [-0.1, -0.05) is 6.07 Å². The Morgan fingerprint density at radius 2 is 2.16 bits per heavy atom. The fourth-order valence-corrected chi connectivity index (χ4v) is 2.17. The number of carbonyl (C=O) groups is 1. The van der Waals surface area contributed by atoms with E-state index in [4.69, 9.17) is 5.26 Å². The predicted molar refractivity (Wildman–Crippen MR) is 73.8 cm³/mol. The molecule has 0 spiro atoms. The predicted octanol–water partition coefficient (Wildman–Crippen LogP) is 1.77. The van der Waals surface area contributed by atoms with E-state index >= 15 is 0 Å². The third-order valence-electron chi connectivity index (χ3n) is 3.30. The van der Waals surface area contributed by atoms with E-state index in [-0.39, 0.29) is 12.1 Å². The van der Waals surface area contributed by atoms with Crippen molar-refractivity contribution in [3.8, 4) is 6.07 Å². The Labute approximate surface area is 113 Å². The van der Waals surface area contributed by atoms with Gasteiger partial charge in [-0.05, 0) is 51.2 Å². The van der Waals surface area contributed by atoms with Crippen LogP contribution in [0.1, 0.15) is 18.4 Å². The van der Waals surface area contributed by atoms with E-state index in [1.165, 1.54) is 0 Å². The van der Waals surface area contributed by atoms with Crippen molar-refractivity contribution in [2.45, 2.75) is 18.9 Å². The summed E-state index contributed by atoms with van der Waals surface area (Å²) in [4.78, 5) is 14.1. The minimum absolute atomic E-state index is 0.204. The van der Waals surface area contributed by atoms with Gasteiger partial charge in [0.15, 0.2) is 0 Å². The van der Waals surface area contributed by atoms with Gasteiger partial charge in [0, 0.05) is 11.7 Å². The van der Waals surface area contributed by atoms with Crippen molar-refractivity contribution in [3.63, 3.8) is 0 Å². The number of amides is 2. The van der Waals surface area contributed by atoms with Crippen molar-refractivity contribution in [1.82, 2.24) is 10.2 Å². The highest BCUT2D eigenvalue weighted by molar-refractivity contribution is 5.89. The summed E-state index contributed by atoms with van der Waals surface area (Å²) in [6, 6.07) is 8.97. The molecule has 100 valence electrons. The zero-order valence-corrected chi connectivity index (χ0v) is 11.0. The number of urea groups is 1. The molecule has 0 radical (unpaired) electrons. The minimum Gasteiger partial charge on any atom is -0.335 e. The van der Waals surface area contributed by atoms with E-state index in [9.17, 15) is 4.79 Å². The first kappa shape index (κ1) is 13.4. The Hall–Kier alpha value is -2.06. The maximum absolute atomic E-state index is 11.8. The first-order valence-electron chi connectivity index (χ1n) is 6.43. The number of nitrogens with one attached hydrogen (secondary N) is 2. The summed E-state index contributed by atoms with van der Waals surface area (Å²) < 4.78 is 0. The van der Waals surface area contributed by atoms with Crippen LogP contribution in [-0.4, -0.2) is 37.1 Å². The third-order valence-corrected chi connectivity index (χ3v) is 3.30. The van der Waals surface area contributed by atoms with Crippen LogP contribution in [0.4, 0.5) is 10.5 Å². The molecule has 2 rings (SSSR count). The molecule has 5 heteroatoms. The number of benzene rings is 1. The molecule has 0 saturated carbocycles. The number of nitriles is 1. The Kier molecular flexibility index (Phi) is 4.37. The molecule has 1 aromatic carbocycles. The average Bonchev–Trinajstić information content (AvgIpc) is 2.41. The van der Waals surface area contributed by atoms with Crippen molar-refractivity contribution in [1.29, 1.82) is 5.26 Å². The second-order valence-corrected chi connectivity index (χ2v) is 4.87. The lowest BCUT2D eigenvalue weighted by molar-refractivity contribution is 0.221. The first-order chi connectivity index (χ1) is 9.17. The number of rotatable bonds is 2. The summed E-state index contributed by atoms with van der Waals surface area (Å²) in [6.45, 7) is 2.02. The van der Waals surface area contributed by atoms with Gasteiger partial charge in [-0.2, -0.15) is 5.26 Å². The lowest BCUT2D eigenvalue weighted by Gasteiger charge is -2.29. The molecule has 1 aliphatic rings. The summed E-state index contributed by atoms with van der Waals surface area (Å²) in [5, 5.41) is 14.5. The van der Waals surface area contributed by atoms with E-state index in [0.717, 1.165) is 25.9 Å². The fraction of sp³-hybridized carbons (Fsp3) is 0.429. The molecule has 0 aliphatic carbocycles. The molecule has 1 aliphatic heterocycles. The van der Waals surface area contributed by atoms with E-state index < -0.39 is 0 Å². The normalized spacial score (nSPS) is 16.6. The Bertz CT molecular complexity index is 486. The van der Waals surface area contributed by atoms with Crippen molar-refractivity contribution in [2.24, 2.45) is 0 Å². The van der Waals surface area contributed by atoms with Crippen LogP contribution >= 0.6 is 0 Å². The highest BCUT2D eigenvalue weighted by atomic mass is 16.2. The SMILES string of the molecule is CN1CCC(NC(=O)Nc2cccc(C#N)c2)CC1. The maximum Gasteiger partial charge on any atom is 0.319 e. The first-order valence-corrected chi connectivity index (χ1v) is 6.43. The van der Waals surface area contributed by atoms with E-state index in [2.05, 4.69) is 22.6 Å². The number of hydrogen-bond donors (Lipinski definition) is 2. The average molecular weight is 258 g/mol. The molecule has 5 nitrogen and oxygen atoms in total. The van der Waals surface area contributed by atoms with Crippen molar-refractivity contribution in [3.05, 3.63) is 29.8 Å². The van der Waals surface area contributed by atoms with Crippen LogP contribution in [0.2, 0.25) is 0 Å². The monoisotopic (exact) mass is 258 g/mol. The number of anilines is 1. The zero-order chi connectivity index (χ0) is 13.7. The van der Waals surface area contributed by atoms with E-state index in [1.54, 1.807) is 24.3 Å². The van der Waals surface area contributed by atoms with Gasteiger partial charge < -0.3 is 15.5 Å². The molecule has 0 aromatic heterocycles. The molecule has 1 fully saturated rings. The van der Waals surface area contributed by atoms with E-state index in [1.807, 2.05) is 6.07 Å². The van der Waals surface area contributed by atoms with Crippen LogP contribution < -0.4 is 10.6 Å². The molecular weight excluding hydrogens is 240 g/mol. The zero-order valence-electron chi connectivity index (χ0n) is 11.0. The molecule has 2 N–H and O–H groups in total. The lowest BCUT2D eigenvalue weighted by atomic mass is 10.1. The highest BCUT2D eigenvalue weighted by Crippen LogP contribution is 2.11. The number of likely N-dealkylation sites (tertiary alicyclic amines) is 1. The molecule has 1 heterocycles. The second kappa shape index (κ2) is 6.21. The van der Waals surface area contributed by atoms with Crippen LogP contribution in [-0.2, 0) is 0 Å². The molecule has 2 amide bonds. The summed E-state index contributed by atoms with van der Waals surface area (Å²) >= 11 is 0. The Balaban J connectivity index is 1.85. The van der Waals surface area contributed by atoms with Crippen LogP contribution in [0.25, 0.3) is 0 Å². The fourth-order valence-electron chi connectivity index (χ4n) is 2.17. The van der Waals surface area contributed by atoms with Gasteiger partial charge >= 0.3 is 6.03 Å². The molecule has 0 atom stereocenters. The standard InChI is InChI=1S/C14H18N4O/c1-18-7-5-12(6-8-18)16-14(19)17-13-4-2-3-11(9-13)10-15/h2-4,9,12H,5-8H2,1H3,(H2,16,17,19). The summed E-state index contributed by atoms with van der Waals surface area (Å²) in [5.74, 6) is 0. The van der Waals surface area contributed by atoms with Crippen molar-refractivity contribution < 1.29 is 4.79 Å². The van der Waals surface area contributed by atoms with Crippen LogP contribution in [0.3, 0.4) is 0 Å². The van der Waals surface area contributed by atoms with Crippen molar-refractivity contribution >= 4 is 11.7 Å². The van der Waals surface area contributed by atoms with Crippen LogP contribution in [0.5, 0.6) is 0 Å². The number of hydrogen-bond acceptors (Lipinski definition) is 3. The molecule has 1 aromatic rings. The maximum atomic E-state index is 11.8. The summed E-state index contributed by atoms with van der Waals surface area (Å²) in [6.07, 6.45) is 1.95. The molecule has 19 heavy (non-hydrogen) atoms. The van der Waals surface area contributed by atoms with Crippen LogP contribution in [0, 0.1) is 11.3 Å². The summed E-state index contributed by atoms with van der Waals surface area (Å²) in [7, 11) is 2.09. The topological polar surface area (TPSA) is 68.2 Å². The van der Waals surface area contributed by atoms with Gasteiger partial charge in [0.25, 0.3) is 0 Å². The van der Waals surface area contributed by atoms with Gasteiger partial charge in [-0.15, -0.1) is 0 Å². The van der Waals surface area contributed by atoms with Gasteiger partial charge in [0.1, 0.15) is 0 Å². The number of carbonyl (C=O) groups excluding carboxylic acids is 1. The lowest BCUT2D eigenvalue weighted by Crippen LogP contribution is -2.44. The van der Waals surface area contributed by atoms with Gasteiger partial charge in [-0.3, -0.25) is 0 Å². The van der Waals surface area contributed by atoms with Crippen LogP contribution in [0.15, 0.2) is 24.3 Å². The number of piperidine rings is 1. The highest BCUT2D eigenvalue weighted by Gasteiger charge is 2.18. The van der Waals surface area contributed by atoms with Gasteiger partial charge in [0.2, 0.25) is 0 Å². The number of nitrogens with zero attached hydrogens (tertiary/aromatic N) is 2. The molecule has 1 saturated heterocycles. The summed E-state index contributed by atoms with van der Waals surface area (Å²) in [5.41, 5.74) is 1.18. The quantitative estimate of drug-likeness (QED) is 0.849. The molecule has 0 bridgehead atoms. The third kappa shape index (κ3) is 3.97. The molecular formula is C14H18N4O. The Morgan fingerprint density at radius 1 is 1.42 bits per heavy atom. The van der Waals surface area contributed by atoms with Gasteiger partial charge in [-0.25, -0.2) is 4.79 Å². The van der Waals surface area contributed by atoms with Crippen molar-refractivity contribution in [2.75, 3.05) is 25.5 Å². The second-order valence-electron chi connectivity index (χ2n) is 4.87.